The Bertz CT molecular complexity index is 472. The van der Waals surface area contributed by atoms with Crippen LogP contribution in [0.3, 0.4) is 0 Å². The summed E-state index contributed by atoms with van der Waals surface area (Å²) in [5.41, 5.74) is 8.24. The number of hydrogen-bond donors (Lipinski definition) is 1. The van der Waals surface area contributed by atoms with Crippen molar-refractivity contribution >= 4 is 0 Å². The topological polar surface area (TPSA) is 43.8 Å². The van der Waals surface area contributed by atoms with Crippen LogP contribution in [0.2, 0.25) is 0 Å². The molecule has 0 aliphatic rings. The molecular weight excluding hydrogens is 198 g/mol. The predicted octanol–water partition coefficient (Wildman–Crippen LogP) is 2.07. The zero-order valence-electron chi connectivity index (χ0n) is 9.72. The van der Waals surface area contributed by atoms with Gasteiger partial charge in [0, 0.05) is 30.6 Å². The molecule has 0 fully saturated rings. The Morgan fingerprint density at radius 1 is 1.44 bits per heavy atom. The first-order chi connectivity index (χ1) is 7.66. The van der Waals surface area contributed by atoms with Gasteiger partial charge in [-0.25, -0.2) is 4.98 Å². The molecule has 0 amide bonds. The maximum atomic E-state index is 5.83. The molecule has 1 atom stereocenters. The molecule has 1 unspecified atom stereocenters. The van der Waals surface area contributed by atoms with Crippen molar-refractivity contribution in [3.63, 3.8) is 0 Å². The average Bonchev–Trinajstić information content (AvgIpc) is 2.65. The van der Waals surface area contributed by atoms with E-state index < -0.39 is 0 Å². The molecule has 0 saturated carbocycles. The van der Waals surface area contributed by atoms with E-state index in [0.717, 1.165) is 12.2 Å². The molecule has 3 heteroatoms. The van der Waals surface area contributed by atoms with Crippen LogP contribution in [0.5, 0.6) is 0 Å². The molecule has 16 heavy (non-hydrogen) atoms. The van der Waals surface area contributed by atoms with Gasteiger partial charge < -0.3 is 10.3 Å². The summed E-state index contributed by atoms with van der Waals surface area (Å²) in [6, 6.07) is 8.36. The van der Waals surface area contributed by atoms with Crippen LogP contribution in [0.15, 0.2) is 36.7 Å². The second kappa shape index (κ2) is 4.49. The second-order valence-electron chi connectivity index (χ2n) is 4.24. The Morgan fingerprint density at radius 3 is 2.94 bits per heavy atom. The lowest BCUT2D eigenvalue weighted by molar-refractivity contribution is 0.706. The normalized spacial score (nSPS) is 12.7. The maximum Gasteiger partial charge on any atom is 0.137 e. The van der Waals surface area contributed by atoms with Crippen LogP contribution in [0, 0.1) is 6.92 Å². The van der Waals surface area contributed by atoms with Gasteiger partial charge in [-0.2, -0.15) is 0 Å². The predicted molar refractivity (Wildman–Crippen MR) is 65.7 cm³/mol. The van der Waals surface area contributed by atoms with Crippen molar-refractivity contribution in [3.8, 4) is 5.82 Å². The van der Waals surface area contributed by atoms with Crippen molar-refractivity contribution in [2.24, 2.45) is 5.73 Å². The van der Waals surface area contributed by atoms with Crippen molar-refractivity contribution in [3.05, 3.63) is 47.9 Å². The van der Waals surface area contributed by atoms with Gasteiger partial charge in [0.15, 0.2) is 0 Å². The van der Waals surface area contributed by atoms with E-state index in [2.05, 4.69) is 28.6 Å². The van der Waals surface area contributed by atoms with Gasteiger partial charge in [0.25, 0.3) is 0 Å². The van der Waals surface area contributed by atoms with Crippen LogP contribution in [0.4, 0.5) is 0 Å². The molecule has 0 aliphatic heterocycles. The third-order valence-electron chi connectivity index (χ3n) is 2.51. The van der Waals surface area contributed by atoms with E-state index in [1.54, 1.807) is 0 Å². The van der Waals surface area contributed by atoms with Gasteiger partial charge in [-0.3, -0.25) is 0 Å². The highest BCUT2D eigenvalue weighted by Crippen LogP contribution is 2.12. The minimum Gasteiger partial charge on any atom is -0.328 e. The second-order valence-corrected chi connectivity index (χ2v) is 4.24. The van der Waals surface area contributed by atoms with Crippen molar-refractivity contribution in [1.29, 1.82) is 0 Å². The van der Waals surface area contributed by atoms with Gasteiger partial charge in [-0.15, -0.1) is 0 Å². The molecule has 2 aromatic heterocycles. The van der Waals surface area contributed by atoms with Gasteiger partial charge in [0.2, 0.25) is 0 Å². The monoisotopic (exact) mass is 215 g/mol. The van der Waals surface area contributed by atoms with Crippen LogP contribution < -0.4 is 5.73 Å². The lowest BCUT2D eigenvalue weighted by atomic mass is 10.2. The molecule has 0 spiro atoms. The van der Waals surface area contributed by atoms with E-state index in [9.17, 15) is 0 Å². The summed E-state index contributed by atoms with van der Waals surface area (Å²) in [5.74, 6) is 0.959. The highest BCUT2D eigenvalue weighted by molar-refractivity contribution is 5.31. The lowest BCUT2D eigenvalue weighted by Gasteiger charge is -2.10. The van der Waals surface area contributed by atoms with Crippen LogP contribution >= 0.6 is 0 Å². The molecule has 2 rings (SSSR count). The van der Waals surface area contributed by atoms with Crippen molar-refractivity contribution in [2.75, 3.05) is 0 Å². The minimum atomic E-state index is 0.165. The highest BCUT2D eigenvalue weighted by Gasteiger charge is 2.06. The first-order valence-corrected chi connectivity index (χ1v) is 5.51. The summed E-state index contributed by atoms with van der Waals surface area (Å²) >= 11 is 0. The molecule has 0 saturated heterocycles. The molecule has 2 heterocycles. The number of aryl methyl sites for hydroxylation is 1. The standard InChI is InChI=1S/C13H17N3/c1-10-5-6-15-13(8-10)16-7-3-4-12(16)9-11(2)14/h3-8,11H,9,14H2,1-2H3. The Balaban J connectivity index is 2.37. The molecule has 0 aliphatic carbocycles. The van der Waals surface area contributed by atoms with E-state index >= 15 is 0 Å². The van der Waals surface area contributed by atoms with E-state index in [0.29, 0.717) is 0 Å². The van der Waals surface area contributed by atoms with E-state index in [1.807, 2.05) is 31.5 Å². The van der Waals surface area contributed by atoms with Gasteiger partial charge in [-0.1, -0.05) is 0 Å². The summed E-state index contributed by atoms with van der Waals surface area (Å²) in [6.45, 7) is 4.08. The maximum absolute atomic E-state index is 5.83. The Hall–Kier alpha value is -1.61. The van der Waals surface area contributed by atoms with Gasteiger partial charge in [0.1, 0.15) is 5.82 Å². The fourth-order valence-corrected chi connectivity index (χ4v) is 1.79. The van der Waals surface area contributed by atoms with Crippen molar-refractivity contribution in [1.82, 2.24) is 9.55 Å². The van der Waals surface area contributed by atoms with E-state index in [1.165, 1.54) is 11.3 Å². The van der Waals surface area contributed by atoms with Crippen LogP contribution in [-0.4, -0.2) is 15.6 Å². The molecule has 2 N–H and O–H groups in total. The number of nitrogens with zero attached hydrogens (tertiary/aromatic N) is 2. The van der Waals surface area contributed by atoms with Crippen molar-refractivity contribution < 1.29 is 0 Å². The fourth-order valence-electron chi connectivity index (χ4n) is 1.79. The summed E-state index contributed by atoms with van der Waals surface area (Å²) in [5, 5.41) is 0. The van der Waals surface area contributed by atoms with E-state index in [-0.39, 0.29) is 6.04 Å². The number of rotatable bonds is 3. The molecule has 84 valence electrons. The third kappa shape index (κ3) is 2.31. The SMILES string of the molecule is Cc1ccnc(-n2cccc2CC(C)N)c1. The molecule has 0 radical (unpaired) electrons. The zero-order chi connectivity index (χ0) is 11.5. The van der Waals surface area contributed by atoms with Crippen LogP contribution in [0.25, 0.3) is 5.82 Å². The molecule has 2 aromatic rings. The van der Waals surface area contributed by atoms with E-state index in [4.69, 9.17) is 5.73 Å². The lowest BCUT2D eigenvalue weighted by Crippen LogP contribution is -2.19. The molecule has 0 aromatic carbocycles. The first-order valence-electron chi connectivity index (χ1n) is 5.51. The molecular formula is C13H17N3. The zero-order valence-corrected chi connectivity index (χ0v) is 9.72. The fraction of sp³-hybridized carbons (Fsp3) is 0.308. The number of nitrogens with two attached hydrogens (primary N) is 1. The van der Waals surface area contributed by atoms with Crippen LogP contribution in [-0.2, 0) is 6.42 Å². The summed E-state index contributed by atoms with van der Waals surface area (Å²) in [7, 11) is 0. The Labute approximate surface area is 95.9 Å². The number of aromatic nitrogens is 2. The number of hydrogen-bond acceptors (Lipinski definition) is 2. The Kier molecular flexibility index (Phi) is 3.06. The first kappa shape index (κ1) is 10.9. The number of pyridine rings is 1. The quantitative estimate of drug-likeness (QED) is 0.851. The molecule has 0 bridgehead atoms. The highest BCUT2D eigenvalue weighted by atomic mass is 15.1. The Morgan fingerprint density at radius 2 is 2.25 bits per heavy atom. The molecule has 3 nitrogen and oxygen atoms in total. The smallest absolute Gasteiger partial charge is 0.137 e. The largest absolute Gasteiger partial charge is 0.328 e. The van der Waals surface area contributed by atoms with Gasteiger partial charge in [-0.05, 0) is 43.7 Å². The summed E-state index contributed by atoms with van der Waals surface area (Å²) in [4.78, 5) is 4.37. The third-order valence-corrected chi connectivity index (χ3v) is 2.51. The summed E-state index contributed by atoms with van der Waals surface area (Å²) < 4.78 is 2.09. The summed E-state index contributed by atoms with van der Waals surface area (Å²) in [6.07, 6.45) is 4.72. The van der Waals surface area contributed by atoms with Crippen molar-refractivity contribution in [2.45, 2.75) is 26.3 Å². The van der Waals surface area contributed by atoms with Crippen LogP contribution in [0.1, 0.15) is 18.2 Å². The van der Waals surface area contributed by atoms with Gasteiger partial charge in [0.05, 0.1) is 0 Å². The van der Waals surface area contributed by atoms with Gasteiger partial charge >= 0.3 is 0 Å². The average molecular weight is 215 g/mol. The minimum absolute atomic E-state index is 0.165.